The van der Waals surface area contributed by atoms with Gasteiger partial charge < -0.3 is 9.47 Å². The van der Waals surface area contributed by atoms with Crippen molar-refractivity contribution in [1.29, 1.82) is 0 Å². The largest absolute Gasteiger partial charge is 0.517 e. The third-order valence-corrected chi connectivity index (χ3v) is 1.16. The van der Waals surface area contributed by atoms with Crippen molar-refractivity contribution in [1.82, 2.24) is 5.32 Å². The van der Waals surface area contributed by atoms with Crippen molar-refractivity contribution in [2.45, 2.75) is 26.7 Å². The van der Waals surface area contributed by atoms with E-state index in [0.717, 1.165) is 0 Å². The Kier molecular flexibility index (Phi) is 6.09. The number of amides is 2. The smallest absolute Gasteiger partial charge is 0.434 e. The highest BCUT2D eigenvalue weighted by molar-refractivity contribution is 5.94. The van der Waals surface area contributed by atoms with Crippen LogP contribution in [-0.2, 0) is 14.3 Å². The third-order valence-electron chi connectivity index (χ3n) is 1.16. The number of nitrogens with one attached hydrogen (secondary N) is 1. The van der Waals surface area contributed by atoms with Gasteiger partial charge in [-0.15, -0.1) is 0 Å². The Bertz CT molecular complexity index is 204. The molecule has 80 valence electrons. The molecule has 6 nitrogen and oxygen atoms in total. The summed E-state index contributed by atoms with van der Waals surface area (Å²) in [5, 5.41) is 1.87. The van der Waals surface area contributed by atoms with Crippen molar-refractivity contribution in [2.24, 2.45) is 0 Å². The highest BCUT2D eigenvalue weighted by Crippen LogP contribution is 1.89. The lowest BCUT2D eigenvalue weighted by atomic mass is 10.3. The van der Waals surface area contributed by atoms with Gasteiger partial charge in [0.1, 0.15) is 0 Å². The molecule has 2 amide bonds. The van der Waals surface area contributed by atoms with Crippen molar-refractivity contribution < 1.29 is 23.9 Å². The lowest BCUT2D eigenvalue weighted by Crippen LogP contribution is -2.32. The SMILES string of the molecule is CCCC(=O)NC(=O)OC(=O)OCC. The number of alkyl carbamates (subject to hydrolysis) is 1. The Morgan fingerprint density at radius 1 is 1.21 bits per heavy atom. The zero-order valence-corrected chi connectivity index (χ0v) is 8.16. The van der Waals surface area contributed by atoms with Crippen LogP contribution in [0.25, 0.3) is 0 Å². The normalized spacial score (nSPS) is 9.00. The molecule has 6 heteroatoms. The Morgan fingerprint density at radius 3 is 2.36 bits per heavy atom. The first-order chi connectivity index (χ1) is 6.60. The van der Waals surface area contributed by atoms with Gasteiger partial charge in [-0.05, 0) is 13.3 Å². The Morgan fingerprint density at radius 2 is 1.86 bits per heavy atom. The van der Waals surface area contributed by atoms with Gasteiger partial charge >= 0.3 is 12.2 Å². The minimum atomic E-state index is -1.12. The maximum absolute atomic E-state index is 10.8. The average Bonchev–Trinajstić information content (AvgIpc) is 2.03. The average molecular weight is 203 g/mol. The molecule has 14 heavy (non-hydrogen) atoms. The summed E-state index contributed by atoms with van der Waals surface area (Å²) in [5.74, 6) is -0.484. The zero-order chi connectivity index (χ0) is 11.0. The van der Waals surface area contributed by atoms with Crippen molar-refractivity contribution in [3.8, 4) is 0 Å². The van der Waals surface area contributed by atoms with Crippen LogP contribution < -0.4 is 5.32 Å². The number of hydrogen-bond donors (Lipinski definition) is 1. The van der Waals surface area contributed by atoms with Crippen LogP contribution in [0, 0.1) is 0 Å². The van der Waals surface area contributed by atoms with Crippen LogP contribution in [0.4, 0.5) is 9.59 Å². The van der Waals surface area contributed by atoms with E-state index in [0.29, 0.717) is 6.42 Å². The van der Waals surface area contributed by atoms with Gasteiger partial charge in [0, 0.05) is 6.42 Å². The molecule has 0 saturated heterocycles. The first-order valence-corrected chi connectivity index (χ1v) is 4.28. The molecule has 0 aromatic rings. The molecule has 0 unspecified atom stereocenters. The molecule has 0 bridgehead atoms. The minimum absolute atomic E-state index is 0.106. The van der Waals surface area contributed by atoms with Gasteiger partial charge in [0.25, 0.3) is 0 Å². The fourth-order valence-electron chi connectivity index (χ4n) is 0.652. The summed E-state index contributed by atoms with van der Waals surface area (Å²) in [6.45, 7) is 3.46. The highest BCUT2D eigenvalue weighted by atomic mass is 16.7. The van der Waals surface area contributed by atoms with Crippen molar-refractivity contribution >= 4 is 18.2 Å². The number of carbonyl (C=O) groups excluding carboxylic acids is 3. The van der Waals surface area contributed by atoms with E-state index < -0.39 is 18.2 Å². The Balaban J connectivity index is 3.75. The summed E-state index contributed by atoms with van der Waals surface area (Å²) < 4.78 is 8.40. The number of carbonyl (C=O) groups is 3. The first-order valence-electron chi connectivity index (χ1n) is 4.28. The molecular formula is C8H13NO5. The van der Waals surface area contributed by atoms with Gasteiger partial charge in [0.2, 0.25) is 5.91 Å². The number of hydrogen-bond acceptors (Lipinski definition) is 5. The van der Waals surface area contributed by atoms with Crippen LogP contribution in [0.5, 0.6) is 0 Å². The van der Waals surface area contributed by atoms with Crippen LogP contribution in [0.3, 0.4) is 0 Å². The van der Waals surface area contributed by atoms with Gasteiger partial charge in [-0.1, -0.05) is 6.92 Å². The molecule has 0 fully saturated rings. The highest BCUT2D eigenvalue weighted by Gasteiger charge is 2.13. The molecule has 0 atom stereocenters. The van der Waals surface area contributed by atoms with Gasteiger partial charge in [0.15, 0.2) is 0 Å². The summed E-state index contributed by atoms with van der Waals surface area (Å²) >= 11 is 0. The molecule has 0 rings (SSSR count). The van der Waals surface area contributed by atoms with E-state index in [1.807, 2.05) is 5.32 Å². The van der Waals surface area contributed by atoms with E-state index in [9.17, 15) is 14.4 Å². The standard InChI is InChI=1S/C8H13NO5/c1-3-5-6(10)9-7(11)14-8(12)13-4-2/h3-5H2,1-2H3,(H,9,10,11). The van der Waals surface area contributed by atoms with Crippen LogP contribution in [0.15, 0.2) is 0 Å². The Labute approximate surface area is 81.6 Å². The summed E-state index contributed by atoms with van der Waals surface area (Å²) in [4.78, 5) is 32.2. The van der Waals surface area contributed by atoms with Crippen molar-refractivity contribution in [3.05, 3.63) is 0 Å². The van der Waals surface area contributed by atoms with Gasteiger partial charge in [-0.25, -0.2) is 9.59 Å². The molecule has 0 aliphatic heterocycles. The third kappa shape index (κ3) is 5.99. The molecule has 0 aromatic carbocycles. The van der Waals surface area contributed by atoms with E-state index in [-0.39, 0.29) is 13.0 Å². The lowest BCUT2D eigenvalue weighted by molar-refractivity contribution is -0.120. The predicted octanol–water partition coefficient (Wildman–Crippen LogP) is 1.20. The van der Waals surface area contributed by atoms with Gasteiger partial charge in [-0.2, -0.15) is 0 Å². The van der Waals surface area contributed by atoms with E-state index in [1.54, 1.807) is 13.8 Å². The molecule has 0 spiro atoms. The fourth-order valence-corrected chi connectivity index (χ4v) is 0.652. The number of rotatable bonds is 3. The van der Waals surface area contributed by atoms with Gasteiger partial charge in [-0.3, -0.25) is 10.1 Å². The maximum Gasteiger partial charge on any atom is 0.517 e. The van der Waals surface area contributed by atoms with Crippen LogP contribution in [-0.4, -0.2) is 24.8 Å². The molecule has 0 heterocycles. The second-order valence-electron chi connectivity index (χ2n) is 2.37. The lowest BCUT2D eigenvalue weighted by Gasteiger charge is -2.03. The second kappa shape index (κ2) is 6.88. The van der Waals surface area contributed by atoms with Crippen molar-refractivity contribution in [3.63, 3.8) is 0 Å². The van der Waals surface area contributed by atoms with E-state index in [2.05, 4.69) is 9.47 Å². The molecule has 0 radical (unpaired) electrons. The molecular weight excluding hydrogens is 190 g/mol. The molecule has 0 aromatic heterocycles. The predicted molar refractivity (Wildman–Crippen MR) is 46.6 cm³/mol. The molecule has 1 N–H and O–H groups in total. The van der Waals surface area contributed by atoms with Gasteiger partial charge in [0.05, 0.1) is 6.61 Å². The quantitative estimate of drug-likeness (QED) is 0.550. The van der Waals surface area contributed by atoms with Crippen LogP contribution in [0.1, 0.15) is 26.7 Å². The minimum Gasteiger partial charge on any atom is -0.434 e. The first kappa shape index (κ1) is 12.4. The van der Waals surface area contributed by atoms with E-state index in [4.69, 9.17) is 0 Å². The van der Waals surface area contributed by atoms with Crippen LogP contribution >= 0.6 is 0 Å². The van der Waals surface area contributed by atoms with E-state index >= 15 is 0 Å². The fraction of sp³-hybridized carbons (Fsp3) is 0.625. The summed E-state index contributed by atoms with van der Waals surface area (Å²) in [7, 11) is 0. The number of ether oxygens (including phenoxy) is 2. The summed E-state index contributed by atoms with van der Waals surface area (Å²) in [6.07, 6.45) is -1.41. The second-order valence-corrected chi connectivity index (χ2v) is 2.37. The van der Waals surface area contributed by atoms with Crippen LogP contribution in [0.2, 0.25) is 0 Å². The topological polar surface area (TPSA) is 81.7 Å². The monoisotopic (exact) mass is 203 g/mol. The van der Waals surface area contributed by atoms with Crippen molar-refractivity contribution in [2.75, 3.05) is 6.61 Å². The maximum atomic E-state index is 10.8. The molecule has 0 aliphatic rings. The summed E-state index contributed by atoms with van der Waals surface area (Å²) in [6, 6.07) is 0. The molecule has 0 aliphatic carbocycles. The molecule has 0 saturated carbocycles. The Hall–Kier alpha value is -1.59. The summed E-state index contributed by atoms with van der Waals surface area (Å²) in [5.41, 5.74) is 0. The van der Waals surface area contributed by atoms with E-state index in [1.165, 1.54) is 0 Å². The zero-order valence-electron chi connectivity index (χ0n) is 8.16. The number of imide groups is 1.